The average molecular weight is 273 g/mol. The molecule has 0 spiro atoms. The fourth-order valence-corrected chi connectivity index (χ4v) is 2.03. The highest BCUT2D eigenvalue weighted by Crippen LogP contribution is 2.32. The van der Waals surface area contributed by atoms with E-state index in [2.05, 4.69) is 10.4 Å². The Hall–Kier alpha value is -2.50. The number of aryl methyl sites for hydroxylation is 2. The first-order chi connectivity index (χ1) is 9.63. The molecule has 2 heterocycles. The van der Waals surface area contributed by atoms with E-state index in [1.54, 1.807) is 22.9 Å². The molecule has 1 amide bonds. The van der Waals surface area contributed by atoms with Crippen LogP contribution in [0.1, 0.15) is 21.7 Å². The summed E-state index contributed by atoms with van der Waals surface area (Å²) in [4.78, 5) is 12.1. The van der Waals surface area contributed by atoms with Crippen LogP contribution in [-0.2, 0) is 13.6 Å². The molecule has 0 fully saturated rings. The Bertz CT molecular complexity index is 644. The quantitative estimate of drug-likeness (QED) is 0.917. The third-order valence-electron chi connectivity index (χ3n) is 3.23. The van der Waals surface area contributed by atoms with Crippen molar-refractivity contribution in [3.8, 4) is 11.5 Å². The SMILES string of the molecule is Cc1cc(CNC(=O)c2ccc3c(c2)OCO3)nn1C. The number of benzene rings is 1. The van der Waals surface area contributed by atoms with Crippen LogP contribution in [0.25, 0.3) is 0 Å². The normalized spacial score (nSPS) is 12.5. The summed E-state index contributed by atoms with van der Waals surface area (Å²) in [5, 5.41) is 7.13. The number of hydrogen-bond acceptors (Lipinski definition) is 4. The molecule has 2 aromatic rings. The van der Waals surface area contributed by atoms with Gasteiger partial charge in [-0.3, -0.25) is 9.48 Å². The smallest absolute Gasteiger partial charge is 0.251 e. The Labute approximate surface area is 116 Å². The van der Waals surface area contributed by atoms with E-state index in [0.717, 1.165) is 11.4 Å². The van der Waals surface area contributed by atoms with Gasteiger partial charge in [0.25, 0.3) is 5.91 Å². The molecule has 0 saturated heterocycles. The molecule has 3 rings (SSSR count). The molecule has 0 unspecified atom stereocenters. The Kier molecular flexibility index (Phi) is 3.06. The van der Waals surface area contributed by atoms with Crippen molar-refractivity contribution >= 4 is 5.91 Å². The van der Waals surface area contributed by atoms with Crippen LogP contribution in [0.4, 0.5) is 0 Å². The molecule has 1 aliphatic rings. The van der Waals surface area contributed by atoms with E-state index < -0.39 is 0 Å². The van der Waals surface area contributed by atoms with Gasteiger partial charge in [-0.15, -0.1) is 0 Å². The molecule has 0 saturated carbocycles. The van der Waals surface area contributed by atoms with E-state index in [9.17, 15) is 4.79 Å². The van der Waals surface area contributed by atoms with Crippen molar-refractivity contribution in [2.75, 3.05) is 6.79 Å². The first kappa shape index (κ1) is 12.5. The summed E-state index contributed by atoms with van der Waals surface area (Å²) in [5.74, 6) is 1.11. The largest absolute Gasteiger partial charge is 0.454 e. The maximum atomic E-state index is 12.1. The number of nitrogens with zero attached hydrogens (tertiary/aromatic N) is 2. The fraction of sp³-hybridized carbons (Fsp3) is 0.286. The number of fused-ring (bicyclic) bond motifs is 1. The molecule has 6 nitrogen and oxygen atoms in total. The van der Waals surface area contributed by atoms with Crippen molar-refractivity contribution in [1.29, 1.82) is 0 Å². The molecule has 0 bridgehead atoms. The van der Waals surface area contributed by atoms with Crippen molar-refractivity contribution < 1.29 is 14.3 Å². The molecular formula is C14H15N3O3. The Balaban J connectivity index is 1.67. The number of rotatable bonds is 3. The van der Waals surface area contributed by atoms with Gasteiger partial charge in [-0.1, -0.05) is 0 Å². The van der Waals surface area contributed by atoms with Crippen LogP contribution in [0.15, 0.2) is 24.3 Å². The van der Waals surface area contributed by atoms with Gasteiger partial charge in [0, 0.05) is 18.3 Å². The van der Waals surface area contributed by atoms with Gasteiger partial charge in [0.15, 0.2) is 11.5 Å². The summed E-state index contributed by atoms with van der Waals surface area (Å²) in [5.41, 5.74) is 2.43. The number of carbonyl (C=O) groups is 1. The highest BCUT2D eigenvalue weighted by Gasteiger charge is 2.16. The highest BCUT2D eigenvalue weighted by atomic mass is 16.7. The van der Waals surface area contributed by atoms with Crippen LogP contribution < -0.4 is 14.8 Å². The van der Waals surface area contributed by atoms with Crippen LogP contribution in [0, 0.1) is 6.92 Å². The topological polar surface area (TPSA) is 65.4 Å². The lowest BCUT2D eigenvalue weighted by atomic mass is 10.2. The molecule has 0 atom stereocenters. The summed E-state index contributed by atoms with van der Waals surface area (Å²) in [6, 6.07) is 7.08. The Morgan fingerprint density at radius 1 is 1.35 bits per heavy atom. The zero-order valence-corrected chi connectivity index (χ0v) is 11.3. The summed E-state index contributed by atoms with van der Waals surface area (Å²) in [6.07, 6.45) is 0. The summed E-state index contributed by atoms with van der Waals surface area (Å²) in [6.45, 7) is 2.57. The Morgan fingerprint density at radius 3 is 2.90 bits per heavy atom. The van der Waals surface area contributed by atoms with E-state index in [1.807, 2.05) is 20.0 Å². The second kappa shape index (κ2) is 4.88. The van der Waals surface area contributed by atoms with Crippen molar-refractivity contribution in [3.05, 3.63) is 41.2 Å². The van der Waals surface area contributed by atoms with Gasteiger partial charge in [0.1, 0.15) is 0 Å². The van der Waals surface area contributed by atoms with E-state index >= 15 is 0 Å². The standard InChI is InChI=1S/C14H15N3O3/c1-9-5-11(16-17(9)2)7-15-14(18)10-3-4-12-13(6-10)20-8-19-12/h3-6H,7-8H2,1-2H3,(H,15,18). The monoisotopic (exact) mass is 273 g/mol. The predicted molar refractivity (Wildman–Crippen MR) is 71.7 cm³/mol. The molecule has 1 aromatic carbocycles. The van der Waals surface area contributed by atoms with E-state index in [1.165, 1.54) is 0 Å². The number of aromatic nitrogens is 2. The van der Waals surface area contributed by atoms with Gasteiger partial charge < -0.3 is 14.8 Å². The number of hydrogen-bond donors (Lipinski definition) is 1. The second-order valence-electron chi connectivity index (χ2n) is 4.65. The van der Waals surface area contributed by atoms with Crippen LogP contribution in [0.3, 0.4) is 0 Å². The first-order valence-corrected chi connectivity index (χ1v) is 6.31. The first-order valence-electron chi connectivity index (χ1n) is 6.31. The molecule has 1 N–H and O–H groups in total. The lowest BCUT2D eigenvalue weighted by Crippen LogP contribution is -2.23. The number of ether oxygens (including phenoxy) is 2. The van der Waals surface area contributed by atoms with Crippen molar-refractivity contribution in [3.63, 3.8) is 0 Å². The summed E-state index contributed by atoms with van der Waals surface area (Å²) in [7, 11) is 1.87. The maximum Gasteiger partial charge on any atom is 0.251 e. The molecule has 1 aliphatic heterocycles. The van der Waals surface area contributed by atoms with Crippen molar-refractivity contribution in [2.24, 2.45) is 7.05 Å². The zero-order valence-electron chi connectivity index (χ0n) is 11.3. The number of carbonyl (C=O) groups excluding carboxylic acids is 1. The minimum Gasteiger partial charge on any atom is -0.454 e. The minimum atomic E-state index is -0.161. The third-order valence-corrected chi connectivity index (χ3v) is 3.23. The molecule has 6 heteroatoms. The molecule has 0 radical (unpaired) electrons. The van der Waals surface area contributed by atoms with Gasteiger partial charge in [-0.2, -0.15) is 5.10 Å². The van der Waals surface area contributed by atoms with E-state index in [-0.39, 0.29) is 12.7 Å². The lowest BCUT2D eigenvalue weighted by Gasteiger charge is -2.04. The Morgan fingerprint density at radius 2 is 2.15 bits per heavy atom. The van der Waals surface area contributed by atoms with Gasteiger partial charge in [0.05, 0.1) is 12.2 Å². The lowest BCUT2D eigenvalue weighted by molar-refractivity contribution is 0.0950. The number of amides is 1. The second-order valence-corrected chi connectivity index (χ2v) is 4.65. The van der Waals surface area contributed by atoms with Crippen molar-refractivity contribution in [2.45, 2.75) is 13.5 Å². The maximum absolute atomic E-state index is 12.1. The van der Waals surface area contributed by atoms with Gasteiger partial charge >= 0.3 is 0 Å². The minimum absolute atomic E-state index is 0.161. The number of nitrogens with one attached hydrogen (secondary N) is 1. The van der Waals surface area contributed by atoms with Crippen LogP contribution in [0.5, 0.6) is 11.5 Å². The average Bonchev–Trinajstić information content (AvgIpc) is 3.02. The van der Waals surface area contributed by atoms with Gasteiger partial charge in [0.2, 0.25) is 6.79 Å². The predicted octanol–water partition coefficient (Wildman–Crippen LogP) is 1.39. The molecule has 0 aliphatic carbocycles. The van der Waals surface area contributed by atoms with Crippen LogP contribution >= 0.6 is 0 Å². The summed E-state index contributed by atoms with van der Waals surface area (Å²) >= 11 is 0. The van der Waals surface area contributed by atoms with Crippen LogP contribution in [-0.4, -0.2) is 22.5 Å². The summed E-state index contributed by atoms with van der Waals surface area (Å²) < 4.78 is 12.2. The van der Waals surface area contributed by atoms with Gasteiger partial charge in [-0.25, -0.2) is 0 Å². The third kappa shape index (κ3) is 2.32. The molecule has 1 aromatic heterocycles. The molecule has 20 heavy (non-hydrogen) atoms. The molecular weight excluding hydrogens is 258 g/mol. The molecule has 104 valence electrons. The van der Waals surface area contributed by atoms with Gasteiger partial charge in [-0.05, 0) is 31.2 Å². The van der Waals surface area contributed by atoms with Crippen molar-refractivity contribution in [1.82, 2.24) is 15.1 Å². The van der Waals surface area contributed by atoms with Crippen LogP contribution in [0.2, 0.25) is 0 Å². The van der Waals surface area contributed by atoms with E-state index in [0.29, 0.717) is 23.6 Å². The highest BCUT2D eigenvalue weighted by molar-refractivity contribution is 5.94. The fourth-order valence-electron chi connectivity index (χ4n) is 2.03. The van der Waals surface area contributed by atoms with E-state index in [4.69, 9.17) is 9.47 Å². The zero-order chi connectivity index (χ0) is 14.1.